The van der Waals surface area contributed by atoms with Gasteiger partial charge in [0.2, 0.25) is 0 Å². The van der Waals surface area contributed by atoms with Gasteiger partial charge < -0.3 is 15.7 Å². The van der Waals surface area contributed by atoms with Crippen molar-refractivity contribution in [3.05, 3.63) is 64.1 Å². The van der Waals surface area contributed by atoms with Gasteiger partial charge in [-0.25, -0.2) is 4.79 Å². The monoisotopic (exact) mass is 348 g/mol. The molecule has 21 heavy (non-hydrogen) atoms. The number of urea groups is 1. The highest BCUT2D eigenvalue weighted by atomic mass is 79.9. The molecule has 0 aromatic heterocycles. The van der Waals surface area contributed by atoms with Crippen LogP contribution in [0.4, 0.5) is 10.5 Å². The smallest absolute Gasteiger partial charge is 0.319 e. The molecule has 0 bridgehead atoms. The van der Waals surface area contributed by atoms with E-state index in [1.165, 1.54) is 0 Å². The molecule has 2 rings (SSSR count). The highest BCUT2D eigenvalue weighted by Crippen LogP contribution is 2.15. The Labute approximate surface area is 132 Å². The maximum absolute atomic E-state index is 11.8. The summed E-state index contributed by atoms with van der Waals surface area (Å²) in [4.78, 5) is 11.8. The second kappa shape index (κ2) is 7.24. The van der Waals surface area contributed by atoms with E-state index in [1.54, 1.807) is 31.2 Å². The first-order valence-corrected chi connectivity index (χ1v) is 7.41. The topological polar surface area (TPSA) is 61.4 Å². The molecule has 0 aliphatic rings. The molecule has 2 amide bonds. The summed E-state index contributed by atoms with van der Waals surface area (Å²) < 4.78 is 1.01. The first-order valence-electron chi connectivity index (χ1n) is 6.62. The van der Waals surface area contributed by atoms with E-state index in [1.807, 2.05) is 24.3 Å². The van der Waals surface area contributed by atoms with Crippen molar-refractivity contribution in [3.8, 4) is 0 Å². The van der Waals surface area contributed by atoms with Crippen molar-refractivity contribution in [2.45, 2.75) is 19.6 Å². The molecule has 0 saturated carbocycles. The van der Waals surface area contributed by atoms with Gasteiger partial charge in [-0.1, -0.05) is 40.2 Å². The minimum atomic E-state index is -0.509. The van der Waals surface area contributed by atoms with E-state index in [-0.39, 0.29) is 6.03 Å². The number of carbonyl (C=O) groups is 1. The third kappa shape index (κ3) is 4.88. The first-order chi connectivity index (χ1) is 10.0. The van der Waals surface area contributed by atoms with Crippen LogP contribution in [0.5, 0.6) is 0 Å². The zero-order valence-corrected chi connectivity index (χ0v) is 13.2. The Hall–Kier alpha value is -1.85. The number of aliphatic hydroxyl groups excluding tert-OH is 1. The summed E-state index contributed by atoms with van der Waals surface area (Å²) in [7, 11) is 0. The predicted molar refractivity (Wildman–Crippen MR) is 87.1 cm³/mol. The van der Waals surface area contributed by atoms with Gasteiger partial charge in [-0.3, -0.25) is 0 Å². The number of hydrogen-bond acceptors (Lipinski definition) is 2. The maximum atomic E-state index is 11.8. The lowest BCUT2D eigenvalue weighted by molar-refractivity contribution is 0.199. The van der Waals surface area contributed by atoms with Crippen molar-refractivity contribution in [1.82, 2.24) is 5.32 Å². The minimum Gasteiger partial charge on any atom is -0.389 e. The van der Waals surface area contributed by atoms with E-state index in [0.29, 0.717) is 12.2 Å². The Morgan fingerprint density at radius 1 is 1.14 bits per heavy atom. The minimum absolute atomic E-state index is 0.261. The molecule has 0 heterocycles. The van der Waals surface area contributed by atoms with Crippen LogP contribution in [0.25, 0.3) is 0 Å². The summed E-state index contributed by atoms with van der Waals surface area (Å²) in [6, 6.07) is 14.6. The molecule has 4 nitrogen and oxygen atoms in total. The molecule has 2 aromatic rings. The van der Waals surface area contributed by atoms with Gasteiger partial charge in [-0.15, -0.1) is 0 Å². The molecule has 0 radical (unpaired) electrons. The lowest BCUT2D eigenvalue weighted by Crippen LogP contribution is -2.28. The van der Waals surface area contributed by atoms with Gasteiger partial charge >= 0.3 is 6.03 Å². The first kappa shape index (κ1) is 15.5. The summed E-state index contributed by atoms with van der Waals surface area (Å²) >= 11 is 3.37. The van der Waals surface area contributed by atoms with Crippen LogP contribution in [0.3, 0.4) is 0 Å². The largest absolute Gasteiger partial charge is 0.389 e. The van der Waals surface area contributed by atoms with E-state index >= 15 is 0 Å². The van der Waals surface area contributed by atoms with Crippen LogP contribution in [0, 0.1) is 0 Å². The fourth-order valence-electron chi connectivity index (χ4n) is 1.80. The molecule has 2 aromatic carbocycles. The summed E-state index contributed by atoms with van der Waals surface area (Å²) in [5.41, 5.74) is 2.53. The Balaban J connectivity index is 1.85. The predicted octanol–water partition coefficient (Wildman–Crippen LogP) is 3.82. The molecule has 1 atom stereocenters. The molecule has 5 heteroatoms. The summed E-state index contributed by atoms with van der Waals surface area (Å²) in [5, 5.41) is 15.0. The normalized spacial score (nSPS) is 11.8. The Bertz CT molecular complexity index is 595. The maximum Gasteiger partial charge on any atom is 0.319 e. The molecule has 110 valence electrons. The van der Waals surface area contributed by atoms with E-state index in [0.717, 1.165) is 15.6 Å². The van der Waals surface area contributed by atoms with Gasteiger partial charge in [0.05, 0.1) is 6.10 Å². The average molecular weight is 349 g/mol. The molecule has 0 aliphatic heterocycles. The summed E-state index contributed by atoms with van der Waals surface area (Å²) in [5.74, 6) is 0. The number of aliphatic hydroxyl groups is 1. The molecule has 3 N–H and O–H groups in total. The lowest BCUT2D eigenvalue weighted by Gasteiger charge is -2.09. The van der Waals surface area contributed by atoms with E-state index in [4.69, 9.17) is 0 Å². The quantitative estimate of drug-likeness (QED) is 0.786. The zero-order chi connectivity index (χ0) is 15.2. The van der Waals surface area contributed by atoms with Crippen molar-refractivity contribution < 1.29 is 9.90 Å². The van der Waals surface area contributed by atoms with Crippen molar-refractivity contribution in [3.63, 3.8) is 0 Å². The number of amides is 2. The second-order valence-corrected chi connectivity index (χ2v) is 5.65. The van der Waals surface area contributed by atoms with Crippen LogP contribution in [0.15, 0.2) is 53.0 Å². The number of hydrogen-bond donors (Lipinski definition) is 3. The molecule has 0 aliphatic carbocycles. The molecule has 0 fully saturated rings. The van der Waals surface area contributed by atoms with Gasteiger partial charge in [0.25, 0.3) is 0 Å². The van der Waals surface area contributed by atoms with Crippen LogP contribution in [-0.2, 0) is 6.54 Å². The van der Waals surface area contributed by atoms with Crippen molar-refractivity contribution in [2.75, 3.05) is 5.32 Å². The lowest BCUT2D eigenvalue weighted by atomic mass is 10.1. The van der Waals surface area contributed by atoms with Crippen molar-refractivity contribution >= 4 is 27.6 Å². The average Bonchev–Trinajstić information content (AvgIpc) is 2.47. The van der Waals surface area contributed by atoms with Crippen LogP contribution >= 0.6 is 15.9 Å². The fourth-order valence-corrected chi connectivity index (χ4v) is 2.07. The van der Waals surface area contributed by atoms with Gasteiger partial charge in [0.1, 0.15) is 0 Å². The number of benzene rings is 2. The number of carbonyl (C=O) groups excluding carboxylic acids is 1. The number of anilines is 1. The third-order valence-electron chi connectivity index (χ3n) is 3.02. The molecular weight excluding hydrogens is 332 g/mol. The second-order valence-electron chi connectivity index (χ2n) is 4.73. The number of halogens is 1. The van der Waals surface area contributed by atoms with Crippen LogP contribution in [0.2, 0.25) is 0 Å². The molecule has 1 unspecified atom stereocenters. The van der Waals surface area contributed by atoms with Gasteiger partial charge in [0.15, 0.2) is 0 Å². The molecule has 0 saturated heterocycles. The van der Waals surface area contributed by atoms with E-state index in [2.05, 4.69) is 26.6 Å². The standard InChI is InChI=1S/C16H17BrN2O2/c1-11(20)13-4-8-15(9-5-13)19-16(21)18-10-12-2-6-14(17)7-3-12/h2-9,11,20H,10H2,1H3,(H2,18,19,21). The third-order valence-corrected chi connectivity index (χ3v) is 3.55. The zero-order valence-electron chi connectivity index (χ0n) is 11.6. The van der Waals surface area contributed by atoms with Gasteiger partial charge in [-0.2, -0.15) is 0 Å². The number of nitrogens with one attached hydrogen (secondary N) is 2. The Morgan fingerprint density at radius 3 is 2.33 bits per heavy atom. The van der Waals surface area contributed by atoms with Crippen LogP contribution in [0.1, 0.15) is 24.2 Å². The summed E-state index contributed by atoms with van der Waals surface area (Å²) in [6.07, 6.45) is -0.509. The highest BCUT2D eigenvalue weighted by molar-refractivity contribution is 9.10. The van der Waals surface area contributed by atoms with Gasteiger partial charge in [-0.05, 0) is 42.3 Å². The Morgan fingerprint density at radius 2 is 1.76 bits per heavy atom. The molecular formula is C16H17BrN2O2. The van der Waals surface area contributed by atoms with E-state index in [9.17, 15) is 9.90 Å². The highest BCUT2D eigenvalue weighted by Gasteiger charge is 2.03. The van der Waals surface area contributed by atoms with Crippen molar-refractivity contribution in [1.29, 1.82) is 0 Å². The summed E-state index contributed by atoms with van der Waals surface area (Å²) in [6.45, 7) is 2.16. The van der Waals surface area contributed by atoms with Crippen LogP contribution < -0.4 is 10.6 Å². The fraction of sp³-hybridized carbons (Fsp3) is 0.188. The number of rotatable bonds is 4. The van der Waals surface area contributed by atoms with Crippen LogP contribution in [-0.4, -0.2) is 11.1 Å². The van der Waals surface area contributed by atoms with Crippen molar-refractivity contribution in [2.24, 2.45) is 0 Å². The van der Waals surface area contributed by atoms with Gasteiger partial charge in [0, 0.05) is 16.7 Å². The van der Waals surface area contributed by atoms with E-state index < -0.39 is 6.10 Å². The molecule has 0 spiro atoms. The Kier molecular flexibility index (Phi) is 5.36. The SMILES string of the molecule is CC(O)c1ccc(NC(=O)NCc2ccc(Br)cc2)cc1.